The topological polar surface area (TPSA) is 80.2 Å². The van der Waals surface area contributed by atoms with Gasteiger partial charge in [-0.3, -0.25) is 4.79 Å². The molecule has 1 aliphatic rings. The van der Waals surface area contributed by atoms with E-state index < -0.39 is 11.6 Å². The quantitative estimate of drug-likeness (QED) is 0.333. The van der Waals surface area contributed by atoms with E-state index >= 15 is 0 Å². The van der Waals surface area contributed by atoms with Crippen LogP contribution in [0.5, 0.6) is 5.75 Å². The van der Waals surface area contributed by atoms with Crippen molar-refractivity contribution in [2.45, 2.75) is 38.3 Å². The monoisotopic (exact) mass is 514 g/mol. The fourth-order valence-corrected chi connectivity index (χ4v) is 4.14. The maximum atomic E-state index is 13.5. The molecule has 2 atom stereocenters. The van der Waals surface area contributed by atoms with Gasteiger partial charge in [0.2, 0.25) is 5.90 Å². The van der Waals surface area contributed by atoms with Crippen LogP contribution in [0.1, 0.15) is 43.9 Å². The van der Waals surface area contributed by atoms with Gasteiger partial charge >= 0.3 is 0 Å². The fourth-order valence-electron chi connectivity index (χ4n) is 3.65. The van der Waals surface area contributed by atoms with E-state index in [4.69, 9.17) is 19.6 Å². The zero-order chi connectivity index (χ0) is 23.8. The molecule has 0 saturated carbocycles. The molecular weight excluding hydrogens is 484 g/mol. The van der Waals surface area contributed by atoms with Crippen molar-refractivity contribution in [3.63, 3.8) is 0 Å². The van der Waals surface area contributed by atoms with Crippen LogP contribution in [-0.2, 0) is 9.53 Å². The van der Waals surface area contributed by atoms with Gasteiger partial charge in [0.15, 0.2) is 11.6 Å². The van der Waals surface area contributed by atoms with E-state index in [0.717, 1.165) is 15.6 Å². The van der Waals surface area contributed by atoms with Crippen LogP contribution in [0.15, 0.2) is 70.7 Å². The molecule has 2 aromatic carbocycles. The number of rotatable bonds is 11. The zero-order valence-electron chi connectivity index (χ0n) is 19.1. The molecule has 3 rings (SSSR count). The van der Waals surface area contributed by atoms with E-state index in [2.05, 4.69) is 41.7 Å². The molecule has 0 radical (unpaired) electrons. The summed E-state index contributed by atoms with van der Waals surface area (Å²) in [6.45, 7) is 9.07. The Morgan fingerprint density at radius 3 is 2.67 bits per heavy atom. The number of benzene rings is 2. The molecule has 0 spiro atoms. The van der Waals surface area contributed by atoms with Gasteiger partial charge in [0, 0.05) is 41.6 Å². The maximum Gasteiger partial charge on any atom is 0.252 e. The number of nitrogens with zero attached hydrogens (tertiary/aromatic N) is 1. The first-order chi connectivity index (χ1) is 15.9. The summed E-state index contributed by atoms with van der Waals surface area (Å²) in [5.74, 6) is 1.22. The van der Waals surface area contributed by atoms with Gasteiger partial charge in [-0.2, -0.15) is 0 Å². The molecule has 6 nitrogen and oxygen atoms in total. The number of carbonyl (C=O) groups is 1. The smallest absolute Gasteiger partial charge is 0.252 e. The largest absolute Gasteiger partial charge is 0.494 e. The number of carbonyl (C=O) groups excluding carboxylic acids is 1. The SMILES string of the molecule is C=CC[C@@]1(C(=O)NCC(C)C)N=C(c2ccc(OCCCO)cc2)O[C@@H]1c1ccccc1Br. The predicted molar refractivity (Wildman–Crippen MR) is 134 cm³/mol. The van der Waals surface area contributed by atoms with Crippen LogP contribution in [0.2, 0.25) is 0 Å². The van der Waals surface area contributed by atoms with Gasteiger partial charge in [-0.15, -0.1) is 6.58 Å². The number of amides is 1. The number of hydrogen-bond donors (Lipinski definition) is 2. The normalized spacial score (nSPS) is 19.7. The molecule has 33 heavy (non-hydrogen) atoms. The van der Waals surface area contributed by atoms with Crippen LogP contribution in [0.3, 0.4) is 0 Å². The van der Waals surface area contributed by atoms with Crippen molar-refractivity contribution in [1.29, 1.82) is 0 Å². The highest BCUT2D eigenvalue weighted by Gasteiger charge is 2.52. The Labute approximate surface area is 203 Å². The molecular formula is C26H31BrN2O4. The second-order valence-electron chi connectivity index (χ2n) is 8.41. The highest BCUT2D eigenvalue weighted by molar-refractivity contribution is 9.10. The van der Waals surface area contributed by atoms with Crippen molar-refractivity contribution in [2.24, 2.45) is 10.9 Å². The van der Waals surface area contributed by atoms with Crippen LogP contribution in [0, 0.1) is 5.92 Å². The number of hydrogen-bond acceptors (Lipinski definition) is 5. The number of nitrogens with one attached hydrogen (secondary N) is 1. The Morgan fingerprint density at radius 2 is 2.03 bits per heavy atom. The Balaban J connectivity index is 1.98. The lowest BCUT2D eigenvalue weighted by Crippen LogP contribution is -2.49. The molecule has 1 amide bonds. The molecule has 1 aliphatic heterocycles. The number of halogens is 1. The van der Waals surface area contributed by atoms with Gasteiger partial charge < -0.3 is 19.9 Å². The lowest BCUT2D eigenvalue weighted by molar-refractivity contribution is -0.129. The molecule has 2 aromatic rings. The third kappa shape index (κ3) is 5.84. The van der Waals surface area contributed by atoms with Gasteiger partial charge in [0.25, 0.3) is 5.91 Å². The summed E-state index contributed by atoms with van der Waals surface area (Å²) < 4.78 is 12.9. The summed E-state index contributed by atoms with van der Waals surface area (Å²) in [4.78, 5) is 18.4. The maximum absolute atomic E-state index is 13.5. The van der Waals surface area contributed by atoms with Gasteiger partial charge in [-0.25, -0.2) is 4.99 Å². The van der Waals surface area contributed by atoms with Crippen LogP contribution in [-0.4, -0.2) is 42.2 Å². The van der Waals surface area contributed by atoms with Crippen molar-refractivity contribution in [3.8, 4) is 5.75 Å². The fraction of sp³-hybridized carbons (Fsp3) is 0.385. The number of ether oxygens (including phenoxy) is 2. The zero-order valence-corrected chi connectivity index (χ0v) is 20.7. The minimum atomic E-state index is -1.17. The van der Waals surface area contributed by atoms with E-state index in [-0.39, 0.29) is 12.5 Å². The Morgan fingerprint density at radius 1 is 1.30 bits per heavy atom. The van der Waals surface area contributed by atoms with E-state index in [1.54, 1.807) is 6.08 Å². The highest BCUT2D eigenvalue weighted by atomic mass is 79.9. The summed E-state index contributed by atoms with van der Waals surface area (Å²) in [6, 6.07) is 15.1. The van der Waals surface area contributed by atoms with E-state index in [1.165, 1.54) is 0 Å². The first kappa shape index (κ1) is 25.0. The summed E-state index contributed by atoms with van der Waals surface area (Å²) in [5, 5.41) is 12.0. The van der Waals surface area contributed by atoms with Crippen molar-refractivity contribution in [2.75, 3.05) is 19.8 Å². The van der Waals surface area contributed by atoms with Gasteiger partial charge in [0.1, 0.15) is 5.75 Å². The number of aliphatic imine (C=N–C) groups is 1. The first-order valence-electron chi connectivity index (χ1n) is 11.2. The summed E-state index contributed by atoms with van der Waals surface area (Å²) >= 11 is 3.61. The molecule has 7 heteroatoms. The van der Waals surface area contributed by atoms with Gasteiger partial charge in [0.05, 0.1) is 6.61 Å². The standard InChI is InChI=1S/C26H31BrN2O4/c1-4-14-26(25(31)28-17-18(2)3)23(21-8-5-6-9-22(21)27)33-24(29-26)19-10-12-20(13-11-19)32-16-7-15-30/h4-6,8-13,18,23,30H,1,7,14-17H2,2-3H3,(H,28,31)/t23-,26-/m1/s1. The van der Waals surface area contributed by atoms with Gasteiger partial charge in [-0.1, -0.05) is 54.1 Å². The van der Waals surface area contributed by atoms with Crippen LogP contribution in [0.4, 0.5) is 0 Å². The Hall–Kier alpha value is -2.64. The molecule has 0 bridgehead atoms. The average Bonchev–Trinajstić information content (AvgIpc) is 3.19. The third-order valence-electron chi connectivity index (χ3n) is 5.34. The molecule has 0 aromatic heterocycles. The summed E-state index contributed by atoms with van der Waals surface area (Å²) in [7, 11) is 0. The second kappa shape index (κ2) is 11.5. The summed E-state index contributed by atoms with van der Waals surface area (Å²) in [5.41, 5.74) is 0.428. The van der Waals surface area contributed by atoms with Crippen molar-refractivity contribution in [3.05, 3.63) is 76.8 Å². The lowest BCUT2D eigenvalue weighted by atomic mass is 9.84. The number of aliphatic hydroxyl groups is 1. The lowest BCUT2D eigenvalue weighted by Gasteiger charge is -2.30. The molecule has 2 N–H and O–H groups in total. The molecule has 0 saturated heterocycles. The minimum absolute atomic E-state index is 0.0867. The second-order valence-corrected chi connectivity index (χ2v) is 9.26. The van der Waals surface area contributed by atoms with Gasteiger partial charge in [-0.05, 0) is 36.2 Å². The molecule has 0 unspecified atom stereocenters. The molecule has 1 heterocycles. The van der Waals surface area contributed by atoms with E-state index in [0.29, 0.717) is 43.6 Å². The summed E-state index contributed by atoms with van der Waals surface area (Å²) in [6.07, 6.45) is 2.00. The molecule has 0 aliphatic carbocycles. The average molecular weight is 515 g/mol. The van der Waals surface area contributed by atoms with Crippen molar-refractivity contribution >= 4 is 27.7 Å². The Kier molecular flexibility index (Phi) is 8.69. The number of aliphatic hydroxyl groups excluding tert-OH is 1. The van der Waals surface area contributed by atoms with Crippen LogP contribution < -0.4 is 10.1 Å². The van der Waals surface area contributed by atoms with E-state index in [1.807, 2.05) is 48.5 Å². The van der Waals surface area contributed by atoms with Crippen molar-refractivity contribution in [1.82, 2.24) is 5.32 Å². The van der Waals surface area contributed by atoms with E-state index in [9.17, 15) is 4.79 Å². The van der Waals surface area contributed by atoms with Crippen molar-refractivity contribution < 1.29 is 19.4 Å². The highest BCUT2D eigenvalue weighted by Crippen LogP contribution is 2.44. The molecule has 176 valence electrons. The molecule has 0 fully saturated rings. The first-order valence-corrected chi connectivity index (χ1v) is 11.9. The Bertz CT molecular complexity index is 990. The van der Waals surface area contributed by atoms with Crippen LogP contribution in [0.25, 0.3) is 0 Å². The predicted octanol–water partition coefficient (Wildman–Crippen LogP) is 4.82. The van der Waals surface area contributed by atoms with Crippen LogP contribution >= 0.6 is 15.9 Å². The minimum Gasteiger partial charge on any atom is -0.494 e. The third-order valence-corrected chi connectivity index (χ3v) is 6.07.